The van der Waals surface area contributed by atoms with Gasteiger partial charge in [0.25, 0.3) is 0 Å². The zero-order valence-corrected chi connectivity index (χ0v) is 37.7. The Morgan fingerprint density at radius 1 is 0.580 bits per heavy atom. The molecular formula is C47H54F10N4O8. The number of carbonyl (C=O) groups is 2. The van der Waals surface area contributed by atoms with Gasteiger partial charge in [-0.1, -0.05) is 49.0 Å². The van der Waals surface area contributed by atoms with Crippen LogP contribution >= 0.6 is 0 Å². The van der Waals surface area contributed by atoms with E-state index in [9.17, 15) is 73.9 Å². The molecule has 0 aliphatic heterocycles. The van der Waals surface area contributed by atoms with E-state index in [1.165, 1.54) is 12.1 Å². The van der Waals surface area contributed by atoms with Crippen LogP contribution in [0.25, 0.3) is 0 Å². The molecule has 2 aliphatic rings. The highest BCUT2D eigenvalue weighted by Crippen LogP contribution is 2.45. The molecule has 4 amide bonds. The number of carbonyl (C=O) groups excluding carboxylic acids is 2. The van der Waals surface area contributed by atoms with Crippen LogP contribution in [0.3, 0.4) is 0 Å². The Labute approximate surface area is 391 Å². The van der Waals surface area contributed by atoms with E-state index in [1.54, 1.807) is 41.5 Å². The minimum atomic E-state index is -4.99. The molecule has 380 valence electrons. The van der Waals surface area contributed by atoms with Gasteiger partial charge in [-0.25, -0.2) is 27.2 Å². The van der Waals surface area contributed by atoms with Crippen LogP contribution < -0.4 is 30.7 Å². The molecule has 6 atom stereocenters. The number of alkyl halides is 6. The predicted molar refractivity (Wildman–Crippen MR) is 234 cm³/mol. The molecule has 0 radical (unpaired) electrons. The number of nitrogens with one attached hydrogen (secondary N) is 4. The van der Waals surface area contributed by atoms with Crippen LogP contribution in [0.15, 0.2) is 48.5 Å². The van der Waals surface area contributed by atoms with Gasteiger partial charge in [0.2, 0.25) is 0 Å². The Hall–Kier alpha value is -5.84. The van der Waals surface area contributed by atoms with Crippen LogP contribution in [0.5, 0.6) is 11.5 Å². The second-order valence-electron chi connectivity index (χ2n) is 18.2. The SMILES string of the molecule is C.COc1c(NC(=O)N[C@@H]2Cc3c(F)ccc(F)c3[C@@H]2O)cc(C(C)(C)C)cc1[C@@H](O)C(F)(F)F.COc1c(NC(=O)N[C@H]2Cc3c(F)ccc(F)c3[C@H]2O)cc(C(C)(C)C)cc1[C@@H](O)C(F)(F)F. The molecule has 0 fully saturated rings. The maximum atomic E-state index is 14.1. The summed E-state index contributed by atoms with van der Waals surface area (Å²) >= 11 is 0. The monoisotopic (exact) mass is 992 g/mol. The minimum Gasteiger partial charge on any atom is -0.494 e. The largest absolute Gasteiger partial charge is 0.494 e. The Morgan fingerprint density at radius 2 is 0.884 bits per heavy atom. The number of methoxy groups -OCH3 is 2. The summed E-state index contributed by atoms with van der Waals surface area (Å²) in [6.07, 6.45) is -19.1. The summed E-state index contributed by atoms with van der Waals surface area (Å²) in [7, 11) is 2.18. The first-order valence-corrected chi connectivity index (χ1v) is 20.7. The standard InChI is InChI=1S/2C23H25F5N2O4.CH4/c2*1-22(2,3)10-7-12(20(32)23(26,27)28)19(34-4)16(8-10)30-21(33)29-15-9-11-13(24)5-6-14(25)17(11)18(15)31;/h2*5-8,15,18,20,31-32H,9H2,1-4H3,(H2,29,30,33);1H4/t15-,18-,20+;15-,18-,20-;/m01./s1. The summed E-state index contributed by atoms with van der Waals surface area (Å²) in [6, 6.07) is 4.63. The van der Waals surface area contributed by atoms with Gasteiger partial charge in [-0.3, -0.25) is 0 Å². The van der Waals surface area contributed by atoms with Gasteiger partial charge in [0.05, 0.1) is 37.7 Å². The number of rotatable bonds is 8. The van der Waals surface area contributed by atoms with Gasteiger partial charge in [0.1, 0.15) is 47.0 Å². The average Bonchev–Trinajstić information content (AvgIpc) is 3.74. The van der Waals surface area contributed by atoms with E-state index in [0.29, 0.717) is 11.1 Å². The molecule has 0 saturated heterocycles. The molecule has 0 saturated carbocycles. The lowest BCUT2D eigenvalue weighted by Crippen LogP contribution is -2.40. The Kier molecular flexibility index (Phi) is 16.7. The van der Waals surface area contributed by atoms with Gasteiger partial charge in [-0.05, 0) is 94.5 Å². The number of halogens is 10. The van der Waals surface area contributed by atoms with Crippen LogP contribution in [0, 0.1) is 23.3 Å². The normalized spacial score (nSPS) is 18.6. The number of hydrogen-bond donors (Lipinski definition) is 8. The summed E-state index contributed by atoms with van der Waals surface area (Å²) in [5.74, 6) is -3.91. The first-order valence-electron chi connectivity index (χ1n) is 20.7. The third kappa shape index (κ3) is 12.1. The maximum absolute atomic E-state index is 14.1. The van der Waals surface area contributed by atoms with Crippen LogP contribution in [0.2, 0.25) is 0 Å². The average molecular weight is 993 g/mol. The highest BCUT2D eigenvalue weighted by Gasteiger charge is 2.44. The number of ether oxygens (including phenoxy) is 2. The zero-order chi connectivity index (χ0) is 51.2. The molecule has 0 heterocycles. The topological polar surface area (TPSA) is 182 Å². The van der Waals surface area contributed by atoms with E-state index >= 15 is 0 Å². The summed E-state index contributed by atoms with van der Waals surface area (Å²) in [6.45, 7) is 10.4. The molecule has 2 aliphatic carbocycles. The number of fused-ring (bicyclic) bond motifs is 2. The Bertz CT molecular complexity index is 2370. The summed E-state index contributed by atoms with van der Waals surface area (Å²) < 4.78 is 146. The van der Waals surface area contributed by atoms with Crippen LogP contribution in [-0.2, 0) is 23.7 Å². The van der Waals surface area contributed by atoms with Gasteiger partial charge in [-0.2, -0.15) is 26.3 Å². The fraction of sp³-hybridized carbons (Fsp3) is 0.447. The molecule has 0 aromatic heterocycles. The first-order chi connectivity index (χ1) is 31.3. The second kappa shape index (κ2) is 20.6. The molecular weight excluding hydrogens is 939 g/mol. The second-order valence-corrected chi connectivity index (χ2v) is 18.2. The lowest BCUT2D eigenvalue weighted by molar-refractivity contribution is -0.207. The molecule has 22 heteroatoms. The van der Waals surface area contributed by atoms with Crippen molar-refractivity contribution in [3.8, 4) is 11.5 Å². The van der Waals surface area contributed by atoms with Gasteiger partial charge in [0, 0.05) is 22.3 Å². The lowest BCUT2D eigenvalue weighted by atomic mass is 9.84. The van der Waals surface area contributed by atoms with E-state index in [4.69, 9.17) is 9.47 Å². The smallest absolute Gasteiger partial charge is 0.418 e. The van der Waals surface area contributed by atoms with E-state index in [2.05, 4.69) is 21.3 Å². The van der Waals surface area contributed by atoms with Crippen LogP contribution in [0.4, 0.5) is 64.9 Å². The molecule has 0 bridgehead atoms. The summed E-state index contributed by atoms with van der Waals surface area (Å²) in [4.78, 5) is 25.4. The molecule has 6 rings (SSSR count). The number of benzene rings is 4. The fourth-order valence-electron chi connectivity index (χ4n) is 7.82. The quantitative estimate of drug-likeness (QED) is 0.0803. The number of urea groups is 2. The van der Waals surface area contributed by atoms with Crippen LogP contribution in [0.1, 0.15) is 118 Å². The number of aliphatic hydroxyl groups is 4. The Balaban J connectivity index is 0.000000296. The number of hydrogen-bond acceptors (Lipinski definition) is 8. The highest BCUT2D eigenvalue weighted by atomic mass is 19.4. The van der Waals surface area contributed by atoms with Crippen molar-refractivity contribution >= 4 is 23.4 Å². The number of aliphatic hydroxyl groups excluding tert-OH is 4. The van der Waals surface area contributed by atoms with Crippen LogP contribution in [-0.4, -0.2) is 71.1 Å². The zero-order valence-electron chi connectivity index (χ0n) is 37.7. The number of amides is 4. The molecule has 4 aromatic rings. The molecule has 69 heavy (non-hydrogen) atoms. The van der Waals surface area contributed by atoms with Crippen molar-refractivity contribution in [2.24, 2.45) is 0 Å². The molecule has 0 spiro atoms. The van der Waals surface area contributed by atoms with Crippen molar-refractivity contribution in [3.05, 3.63) is 116 Å². The third-order valence-corrected chi connectivity index (χ3v) is 11.4. The Morgan fingerprint density at radius 3 is 1.14 bits per heavy atom. The van der Waals surface area contributed by atoms with E-state index in [0.717, 1.165) is 50.6 Å². The summed E-state index contributed by atoms with van der Waals surface area (Å²) in [5.41, 5.74) is -2.71. The van der Waals surface area contributed by atoms with Gasteiger partial charge >= 0.3 is 24.4 Å². The van der Waals surface area contributed by atoms with Crippen molar-refractivity contribution in [1.29, 1.82) is 0 Å². The van der Waals surface area contributed by atoms with E-state index in [-0.39, 0.29) is 53.9 Å². The third-order valence-electron chi connectivity index (χ3n) is 11.4. The van der Waals surface area contributed by atoms with Gasteiger partial charge < -0.3 is 51.2 Å². The van der Waals surface area contributed by atoms with Crippen molar-refractivity contribution in [2.75, 3.05) is 24.9 Å². The van der Waals surface area contributed by atoms with E-state index in [1.807, 2.05) is 0 Å². The first kappa shape index (κ1) is 55.8. The molecule has 12 nitrogen and oxygen atoms in total. The van der Waals surface area contributed by atoms with Gasteiger partial charge in [0.15, 0.2) is 12.2 Å². The minimum absolute atomic E-state index is 0. The van der Waals surface area contributed by atoms with Crippen molar-refractivity contribution < 1.29 is 83.4 Å². The lowest BCUT2D eigenvalue weighted by Gasteiger charge is -2.26. The predicted octanol–water partition coefficient (Wildman–Crippen LogP) is 9.93. The highest BCUT2D eigenvalue weighted by molar-refractivity contribution is 5.93. The van der Waals surface area contributed by atoms with Crippen molar-refractivity contribution in [3.63, 3.8) is 0 Å². The molecule has 0 unspecified atom stereocenters. The summed E-state index contributed by atoms with van der Waals surface area (Å²) in [5, 5.41) is 50.1. The van der Waals surface area contributed by atoms with Crippen molar-refractivity contribution in [2.45, 2.75) is 121 Å². The maximum Gasteiger partial charge on any atom is 0.418 e. The van der Waals surface area contributed by atoms with Gasteiger partial charge in [-0.15, -0.1) is 0 Å². The van der Waals surface area contributed by atoms with Crippen molar-refractivity contribution in [1.82, 2.24) is 10.6 Å². The fourth-order valence-corrected chi connectivity index (χ4v) is 7.82. The van der Waals surface area contributed by atoms with E-state index < -0.39 is 118 Å². The molecule has 4 aromatic carbocycles. The molecule has 8 N–H and O–H groups in total. The number of anilines is 2.